The first-order valence-corrected chi connectivity index (χ1v) is 6.17. The fourth-order valence-corrected chi connectivity index (χ4v) is 2.06. The Morgan fingerprint density at radius 1 is 1.37 bits per heavy atom. The van der Waals surface area contributed by atoms with Crippen LogP contribution in [-0.4, -0.2) is 35.6 Å². The second kappa shape index (κ2) is 5.01. The van der Waals surface area contributed by atoms with Crippen LogP contribution in [0.25, 0.3) is 0 Å². The summed E-state index contributed by atoms with van der Waals surface area (Å²) in [5, 5.41) is 2.67. The fourth-order valence-electron chi connectivity index (χ4n) is 2.06. The van der Waals surface area contributed by atoms with Crippen molar-refractivity contribution < 1.29 is 14.3 Å². The highest BCUT2D eigenvalue weighted by molar-refractivity contribution is 5.97. The summed E-state index contributed by atoms with van der Waals surface area (Å²) in [6, 6.07) is 6.92. The summed E-state index contributed by atoms with van der Waals surface area (Å²) < 4.78 is 5.35. The lowest BCUT2D eigenvalue weighted by atomic mass is 10.0. The third kappa shape index (κ3) is 2.93. The zero-order chi connectivity index (χ0) is 14.0. The number of benzene rings is 1. The van der Waals surface area contributed by atoms with Crippen LogP contribution in [0, 0.1) is 0 Å². The topological polar surface area (TPSA) is 58.6 Å². The van der Waals surface area contributed by atoms with Gasteiger partial charge in [0.25, 0.3) is 5.91 Å². The molecule has 1 fully saturated rings. The van der Waals surface area contributed by atoms with Crippen LogP contribution in [0.5, 0.6) is 0 Å². The molecule has 1 heterocycles. The number of amides is 2. The van der Waals surface area contributed by atoms with Gasteiger partial charge in [-0.25, -0.2) is 0 Å². The molecule has 1 aromatic carbocycles. The van der Waals surface area contributed by atoms with Crippen molar-refractivity contribution in [2.45, 2.75) is 26.3 Å². The number of ether oxygens (including phenoxy) is 1. The first kappa shape index (κ1) is 13.5. The number of anilines is 1. The van der Waals surface area contributed by atoms with E-state index in [1.54, 1.807) is 29.2 Å². The lowest BCUT2D eigenvalue weighted by Crippen LogP contribution is -2.44. The molecule has 0 aliphatic carbocycles. The van der Waals surface area contributed by atoms with Gasteiger partial charge in [0.1, 0.15) is 6.73 Å². The van der Waals surface area contributed by atoms with Gasteiger partial charge in [0.05, 0.1) is 12.1 Å². The van der Waals surface area contributed by atoms with E-state index < -0.39 is 0 Å². The Labute approximate surface area is 112 Å². The minimum atomic E-state index is -0.304. The number of hydrogen-bond donors (Lipinski definition) is 1. The van der Waals surface area contributed by atoms with E-state index in [2.05, 4.69) is 5.32 Å². The average molecular weight is 262 g/mol. The zero-order valence-corrected chi connectivity index (χ0v) is 11.4. The molecule has 0 atom stereocenters. The van der Waals surface area contributed by atoms with Crippen LogP contribution >= 0.6 is 0 Å². The Morgan fingerprint density at radius 3 is 2.68 bits per heavy atom. The molecule has 1 aliphatic rings. The van der Waals surface area contributed by atoms with Crippen molar-refractivity contribution in [2.75, 3.05) is 18.7 Å². The summed E-state index contributed by atoms with van der Waals surface area (Å²) in [5.41, 5.74) is 0.863. The molecule has 0 bridgehead atoms. The van der Waals surface area contributed by atoms with E-state index in [-0.39, 0.29) is 17.4 Å². The van der Waals surface area contributed by atoms with Gasteiger partial charge in [-0.15, -0.1) is 0 Å². The monoisotopic (exact) mass is 262 g/mol. The largest absolute Gasteiger partial charge is 0.359 e. The lowest BCUT2D eigenvalue weighted by Gasteiger charge is -2.29. The van der Waals surface area contributed by atoms with Gasteiger partial charge in [0, 0.05) is 18.2 Å². The van der Waals surface area contributed by atoms with Gasteiger partial charge in [0.15, 0.2) is 0 Å². The quantitative estimate of drug-likeness (QED) is 0.885. The zero-order valence-electron chi connectivity index (χ0n) is 11.4. The van der Waals surface area contributed by atoms with Gasteiger partial charge in [-0.05, 0) is 32.0 Å². The van der Waals surface area contributed by atoms with Crippen molar-refractivity contribution in [2.24, 2.45) is 0 Å². The van der Waals surface area contributed by atoms with Crippen LogP contribution in [0.3, 0.4) is 0 Å². The summed E-state index contributed by atoms with van der Waals surface area (Å²) >= 11 is 0. The van der Waals surface area contributed by atoms with Gasteiger partial charge in [-0.1, -0.05) is 6.07 Å². The molecular weight excluding hydrogens is 244 g/mol. The molecule has 0 unspecified atom stereocenters. The van der Waals surface area contributed by atoms with Gasteiger partial charge < -0.3 is 15.0 Å². The maximum atomic E-state index is 12.4. The van der Waals surface area contributed by atoms with E-state index in [9.17, 15) is 9.59 Å². The Hall–Kier alpha value is -1.88. The van der Waals surface area contributed by atoms with Gasteiger partial charge >= 0.3 is 0 Å². The fraction of sp³-hybridized carbons (Fsp3) is 0.429. The smallest absolute Gasteiger partial charge is 0.256 e. The second-order valence-corrected chi connectivity index (χ2v) is 5.29. The molecule has 0 radical (unpaired) electrons. The molecule has 102 valence electrons. The van der Waals surface area contributed by atoms with Crippen molar-refractivity contribution >= 4 is 17.5 Å². The molecular formula is C14H18N2O3. The molecule has 5 heteroatoms. The molecule has 2 amide bonds. The maximum absolute atomic E-state index is 12.4. The molecule has 0 spiro atoms. The van der Waals surface area contributed by atoms with Crippen molar-refractivity contribution in [3.8, 4) is 0 Å². The van der Waals surface area contributed by atoms with E-state index in [0.717, 1.165) is 0 Å². The van der Waals surface area contributed by atoms with Crippen molar-refractivity contribution in [1.82, 2.24) is 4.90 Å². The highest BCUT2D eigenvalue weighted by Gasteiger charge is 2.36. The van der Waals surface area contributed by atoms with E-state index in [0.29, 0.717) is 24.6 Å². The number of carbonyl (C=O) groups is 2. The van der Waals surface area contributed by atoms with Crippen LogP contribution in [-0.2, 0) is 9.53 Å². The minimum absolute atomic E-state index is 0.0882. The predicted molar refractivity (Wildman–Crippen MR) is 71.8 cm³/mol. The second-order valence-electron chi connectivity index (χ2n) is 5.29. The van der Waals surface area contributed by atoms with E-state index >= 15 is 0 Å². The average Bonchev–Trinajstić information content (AvgIpc) is 2.67. The van der Waals surface area contributed by atoms with E-state index in [1.807, 2.05) is 13.8 Å². The molecule has 2 rings (SSSR count). The molecule has 1 aliphatic heterocycles. The van der Waals surface area contributed by atoms with Crippen LogP contribution < -0.4 is 5.32 Å². The Bertz CT molecular complexity index is 511. The predicted octanol–water partition coefficient (Wildman–Crippen LogP) is 1.85. The normalized spacial score (nSPS) is 17.3. The maximum Gasteiger partial charge on any atom is 0.256 e. The summed E-state index contributed by atoms with van der Waals surface area (Å²) in [5.74, 6) is -0.246. The lowest BCUT2D eigenvalue weighted by molar-refractivity contribution is -0.114. The minimum Gasteiger partial charge on any atom is -0.359 e. The highest BCUT2D eigenvalue weighted by Crippen LogP contribution is 2.24. The van der Waals surface area contributed by atoms with Crippen molar-refractivity contribution in [1.29, 1.82) is 0 Å². The number of hydrogen-bond acceptors (Lipinski definition) is 3. The Kier molecular flexibility index (Phi) is 3.57. The van der Waals surface area contributed by atoms with Gasteiger partial charge in [-0.2, -0.15) is 0 Å². The molecule has 1 N–H and O–H groups in total. The highest BCUT2D eigenvalue weighted by atomic mass is 16.5. The molecule has 0 aromatic heterocycles. The van der Waals surface area contributed by atoms with Crippen LogP contribution in [0.4, 0.5) is 5.69 Å². The molecule has 1 aromatic rings. The van der Waals surface area contributed by atoms with Crippen LogP contribution in [0.1, 0.15) is 31.1 Å². The SMILES string of the molecule is CC(=O)Nc1cccc(C(=O)N2COCC2(C)C)c1. The third-order valence-electron chi connectivity index (χ3n) is 3.08. The number of carbonyl (C=O) groups excluding carboxylic acids is 2. The van der Waals surface area contributed by atoms with Gasteiger partial charge in [-0.3, -0.25) is 9.59 Å². The number of nitrogens with zero attached hydrogens (tertiary/aromatic N) is 1. The van der Waals surface area contributed by atoms with Crippen molar-refractivity contribution in [3.63, 3.8) is 0 Å². The summed E-state index contributed by atoms with van der Waals surface area (Å²) in [7, 11) is 0. The first-order chi connectivity index (χ1) is 8.90. The number of nitrogens with one attached hydrogen (secondary N) is 1. The summed E-state index contributed by atoms with van der Waals surface area (Å²) in [4.78, 5) is 25.2. The Morgan fingerprint density at radius 2 is 2.11 bits per heavy atom. The van der Waals surface area contributed by atoms with Gasteiger partial charge in [0.2, 0.25) is 5.91 Å². The van der Waals surface area contributed by atoms with Crippen LogP contribution in [0.15, 0.2) is 24.3 Å². The Balaban J connectivity index is 2.22. The van der Waals surface area contributed by atoms with Crippen molar-refractivity contribution in [3.05, 3.63) is 29.8 Å². The number of rotatable bonds is 2. The summed E-state index contributed by atoms with van der Waals surface area (Å²) in [6.45, 7) is 6.21. The van der Waals surface area contributed by atoms with E-state index in [1.165, 1.54) is 6.92 Å². The molecule has 5 nitrogen and oxygen atoms in total. The van der Waals surface area contributed by atoms with Crippen LogP contribution in [0.2, 0.25) is 0 Å². The standard InChI is InChI=1S/C14H18N2O3/c1-10(17)15-12-6-4-5-11(7-12)13(18)16-9-19-8-14(16,2)3/h4-7H,8-9H2,1-3H3,(H,15,17). The van der Waals surface area contributed by atoms with E-state index in [4.69, 9.17) is 4.74 Å². The summed E-state index contributed by atoms with van der Waals surface area (Å²) in [6.07, 6.45) is 0. The first-order valence-electron chi connectivity index (χ1n) is 6.17. The molecule has 1 saturated heterocycles. The molecule has 19 heavy (non-hydrogen) atoms. The third-order valence-corrected chi connectivity index (χ3v) is 3.08. The molecule has 0 saturated carbocycles.